The number of carbonyl (C=O) groups is 1. The van der Waals surface area contributed by atoms with Gasteiger partial charge in [0.05, 0.1) is 12.8 Å². The highest BCUT2D eigenvalue weighted by Gasteiger charge is 2.34. The number of aromatic nitrogens is 3. The molecule has 0 fully saturated rings. The average molecular weight is 502 g/mol. The van der Waals surface area contributed by atoms with Crippen LogP contribution in [0.15, 0.2) is 40.4 Å². The standard InChI is InChI=1S/C23H27N5O6S/c1-23(2,3)34-22(30)28-11-10-27(15-8-7-9-17(33-5)18(15)28)16-12-14-13-24-21(35(6,31)32)25-19(14)26(4)20(16)29/h7-9,12-13H,10-11H2,1-6H3. The lowest BCUT2D eigenvalue weighted by Crippen LogP contribution is -2.46. The summed E-state index contributed by atoms with van der Waals surface area (Å²) in [5.74, 6) is 0.455. The Kier molecular flexibility index (Phi) is 5.95. The van der Waals surface area contributed by atoms with Crippen molar-refractivity contribution in [3.05, 3.63) is 40.8 Å². The maximum Gasteiger partial charge on any atom is 0.415 e. The Hall–Kier alpha value is -3.67. The SMILES string of the molecule is COc1cccc2c1N(C(=O)OC(C)(C)C)CCN2c1cc2cnc(S(C)(=O)=O)nc2n(C)c1=O. The van der Waals surface area contributed by atoms with Crippen LogP contribution in [0.25, 0.3) is 11.0 Å². The molecular weight excluding hydrogens is 474 g/mol. The summed E-state index contributed by atoms with van der Waals surface area (Å²) in [4.78, 5) is 37.7. The number of nitrogens with zero attached hydrogens (tertiary/aromatic N) is 5. The Bertz CT molecular complexity index is 1490. The van der Waals surface area contributed by atoms with Gasteiger partial charge in [0.15, 0.2) is 0 Å². The van der Waals surface area contributed by atoms with E-state index in [0.717, 1.165) is 6.26 Å². The number of para-hydroxylation sites is 1. The summed E-state index contributed by atoms with van der Waals surface area (Å²) in [6.07, 6.45) is 1.87. The molecular formula is C23H27N5O6S. The first-order chi connectivity index (χ1) is 16.3. The predicted octanol–water partition coefficient (Wildman–Crippen LogP) is 2.63. The second kappa shape index (κ2) is 8.52. The molecule has 0 bridgehead atoms. The molecule has 0 N–H and O–H groups in total. The number of hydrogen-bond donors (Lipinski definition) is 0. The quantitative estimate of drug-likeness (QED) is 0.498. The molecule has 2 aromatic heterocycles. The van der Waals surface area contributed by atoms with Gasteiger partial charge in [-0.15, -0.1) is 0 Å². The minimum atomic E-state index is -3.64. The highest BCUT2D eigenvalue weighted by molar-refractivity contribution is 7.90. The lowest BCUT2D eigenvalue weighted by molar-refractivity contribution is 0.0579. The summed E-state index contributed by atoms with van der Waals surface area (Å²) in [5.41, 5.74) is 0.541. The fraction of sp³-hybridized carbons (Fsp3) is 0.391. The van der Waals surface area contributed by atoms with Crippen molar-refractivity contribution in [2.45, 2.75) is 31.5 Å². The summed E-state index contributed by atoms with van der Waals surface area (Å²) in [6, 6.07) is 6.92. The fourth-order valence-electron chi connectivity index (χ4n) is 3.93. The normalized spacial score (nSPS) is 14.1. The molecule has 0 spiro atoms. The first kappa shape index (κ1) is 24.5. The zero-order chi connectivity index (χ0) is 25.7. The number of rotatable bonds is 3. The molecule has 1 aliphatic rings. The van der Waals surface area contributed by atoms with Crippen LogP contribution in [0.5, 0.6) is 5.75 Å². The Balaban J connectivity index is 1.87. The Morgan fingerprint density at radius 1 is 1.14 bits per heavy atom. The number of aryl methyl sites for hydroxylation is 1. The molecule has 3 aromatic rings. The van der Waals surface area contributed by atoms with Gasteiger partial charge in [0.25, 0.3) is 5.56 Å². The summed E-state index contributed by atoms with van der Waals surface area (Å²) in [5, 5.41) is 0.141. The van der Waals surface area contributed by atoms with Gasteiger partial charge in [-0.05, 0) is 39.0 Å². The monoisotopic (exact) mass is 501 g/mol. The number of amides is 1. The van der Waals surface area contributed by atoms with Gasteiger partial charge >= 0.3 is 6.09 Å². The second-order valence-corrected chi connectivity index (χ2v) is 11.1. The maximum atomic E-state index is 13.4. The summed E-state index contributed by atoms with van der Waals surface area (Å²) in [7, 11) is -0.609. The van der Waals surface area contributed by atoms with Crippen LogP contribution in [-0.4, -0.2) is 61.1 Å². The number of carbonyl (C=O) groups excluding carboxylic acids is 1. The smallest absolute Gasteiger partial charge is 0.415 e. The van der Waals surface area contributed by atoms with Gasteiger partial charge in [-0.1, -0.05) is 6.07 Å². The van der Waals surface area contributed by atoms with E-state index < -0.39 is 21.5 Å². The van der Waals surface area contributed by atoms with Gasteiger partial charge in [0, 0.05) is 38.0 Å². The zero-order valence-corrected chi connectivity index (χ0v) is 21.2. The molecule has 12 heteroatoms. The van der Waals surface area contributed by atoms with Crippen molar-refractivity contribution in [1.29, 1.82) is 0 Å². The van der Waals surface area contributed by atoms with Crippen molar-refractivity contribution in [1.82, 2.24) is 14.5 Å². The minimum absolute atomic E-state index is 0.201. The highest BCUT2D eigenvalue weighted by Crippen LogP contribution is 2.43. The molecule has 35 heavy (non-hydrogen) atoms. The van der Waals surface area contributed by atoms with Gasteiger partial charge < -0.3 is 14.4 Å². The van der Waals surface area contributed by atoms with E-state index in [4.69, 9.17) is 9.47 Å². The summed E-state index contributed by atoms with van der Waals surface area (Å²) < 4.78 is 36.2. The molecule has 0 atom stereocenters. The van der Waals surface area contributed by atoms with E-state index in [-0.39, 0.29) is 22.9 Å². The van der Waals surface area contributed by atoms with Crippen LogP contribution >= 0.6 is 0 Å². The van der Waals surface area contributed by atoms with Gasteiger partial charge in [0.1, 0.15) is 28.4 Å². The number of fused-ring (bicyclic) bond motifs is 2. The molecule has 0 unspecified atom stereocenters. The number of sulfone groups is 1. The Morgan fingerprint density at radius 2 is 1.86 bits per heavy atom. The van der Waals surface area contributed by atoms with Gasteiger partial charge in [-0.2, -0.15) is 4.98 Å². The van der Waals surface area contributed by atoms with E-state index in [2.05, 4.69) is 9.97 Å². The molecule has 0 saturated carbocycles. The van der Waals surface area contributed by atoms with Crippen molar-refractivity contribution in [3.8, 4) is 5.75 Å². The van der Waals surface area contributed by atoms with Crippen molar-refractivity contribution in [3.63, 3.8) is 0 Å². The van der Waals surface area contributed by atoms with E-state index in [9.17, 15) is 18.0 Å². The minimum Gasteiger partial charge on any atom is -0.494 e. The van der Waals surface area contributed by atoms with Crippen LogP contribution in [0.2, 0.25) is 0 Å². The maximum absolute atomic E-state index is 13.4. The first-order valence-electron chi connectivity index (χ1n) is 10.8. The van der Waals surface area contributed by atoms with Gasteiger partial charge in [-0.25, -0.2) is 18.2 Å². The second-order valence-electron chi connectivity index (χ2n) is 9.21. The first-order valence-corrected chi connectivity index (χ1v) is 12.7. The molecule has 0 aliphatic carbocycles. The van der Waals surface area contributed by atoms with Crippen LogP contribution in [0.3, 0.4) is 0 Å². The lowest BCUT2D eigenvalue weighted by atomic mass is 10.1. The van der Waals surface area contributed by atoms with E-state index in [1.165, 1.54) is 29.8 Å². The third-order valence-electron chi connectivity index (χ3n) is 5.45. The third-order valence-corrected chi connectivity index (χ3v) is 6.31. The van der Waals surface area contributed by atoms with Crippen LogP contribution < -0.4 is 20.1 Å². The Morgan fingerprint density at radius 3 is 2.49 bits per heavy atom. The topological polar surface area (TPSA) is 124 Å². The fourth-order valence-corrected chi connectivity index (χ4v) is 4.43. The van der Waals surface area contributed by atoms with E-state index in [1.807, 2.05) is 0 Å². The molecule has 0 radical (unpaired) electrons. The molecule has 0 saturated heterocycles. The number of ether oxygens (including phenoxy) is 2. The number of benzene rings is 1. The van der Waals surface area contributed by atoms with Crippen LogP contribution in [0, 0.1) is 0 Å². The molecule has 3 heterocycles. The number of pyridine rings is 1. The average Bonchev–Trinajstić information content (AvgIpc) is 2.78. The number of hydrogen-bond acceptors (Lipinski definition) is 9. The molecule has 1 amide bonds. The van der Waals surface area contributed by atoms with Gasteiger partial charge in [0.2, 0.25) is 15.0 Å². The molecule has 1 aliphatic heterocycles. The van der Waals surface area contributed by atoms with E-state index in [1.54, 1.807) is 49.9 Å². The van der Waals surface area contributed by atoms with Crippen molar-refractivity contribution in [2.24, 2.45) is 7.05 Å². The summed E-state index contributed by atoms with van der Waals surface area (Å²) >= 11 is 0. The van der Waals surface area contributed by atoms with Gasteiger partial charge in [-0.3, -0.25) is 14.3 Å². The van der Waals surface area contributed by atoms with Crippen molar-refractivity contribution >= 4 is 44.0 Å². The van der Waals surface area contributed by atoms with E-state index in [0.29, 0.717) is 34.7 Å². The Labute approximate surface area is 202 Å². The van der Waals surface area contributed by atoms with Crippen molar-refractivity contribution in [2.75, 3.05) is 36.3 Å². The third kappa shape index (κ3) is 4.53. The zero-order valence-electron chi connectivity index (χ0n) is 20.4. The molecule has 186 valence electrons. The van der Waals surface area contributed by atoms with Crippen molar-refractivity contribution < 1.29 is 22.7 Å². The molecule has 11 nitrogen and oxygen atoms in total. The van der Waals surface area contributed by atoms with E-state index >= 15 is 0 Å². The largest absolute Gasteiger partial charge is 0.494 e. The van der Waals surface area contributed by atoms with Crippen LogP contribution in [-0.2, 0) is 21.6 Å². The van der Waals surface area contributed by atoms with Crippen LogP contribution in [0.4, 0.5) is 21.9 Å². The van der Waals surface area contributed by atoms with Crippen LogP contribution in [0.1, 0.15) is 20.8 Å². The summed E-state index contributed by atoms with van der Waals surface area (Å²) in [6.45, 7) is 5.93. The predicted molar refractivity (Wildman–Crippen MR) is 131 cm³/mol. The highest BCUT2D eigenvalue weighted by atomic mass is 32.2. The molecule has 4 rings (SSSR count). The lowest BCUT2D eigenvalue weighted by Gasteiger charge is -2.38. The number of anilines is 3. The number of methoxy groups -OCH3 is 1. The molecule has 1 aromatic carbocycles.